The van der Waals surface area contributed by atoms with Gasteiger partial charge >= 0.3 is 6.09 Å². The van der Waals surface area contributed by atoms with Crippen molar-refractivity contribution in [3.63, 3.8) is 0 Å². The number of hydrogen-bond acceptors (Lipinski definition) is 5. The third-order valence-corrected chi connectivity index (χ3v) is 3.44. The fourth-order valence-corrected chi connectivity index (χ4v) is 2.30. The van der Waals surface area contributed by atoms with Crippen molar-refractivity contribution >= 4 is 17.5 Å². The number of ether oxygens (including phenoxy) is 2. The van der Waals surface area contributed by atoms with Crippen molar-refractivity contribution in [2.24, 2.45) is 0 Å². The molecule has 23 heavy (non-hydrogen) atoms. The Labute approximate surface area is 132 Å². The number of hydrogen-bond donors (Lipinski definition) is 0. The number of nitrogens with zero attached hydrogens (tertiary/aromatic N) is 2. The number of carbonyl (C=O) groups excluding carboxylic acids is 1. The summed E-state index contributed by atoms with van der Waals surface area (Å²) in [5.74, 6) is 0.280. The first-order valence-corrected chi connectivity index (χ1v) is 7.04. The van der Waals surface area contributed by atoms with Crippen molar-refractivity contribution in [2.45, 2.75) is 6.61 Å². The Morgan fingerprint density at radius 1 is 1.22 bits per heavy atom. The molecule has 118 valence electrons. The van der Waals surface area contributed by atoms with Crippen LogP contribution in [0.5, 0.6) is 5.75 Å². The summed E-state index contributed by atoms with van der Waals surface area (Å²) in [6.07, 6.45) is -0.483. The Morgan fingerprint density at radius 2 is 2.00 bits per heavy atom. The second-order valence-electron chi connectivity index (χ2n) is 4.95. The average Bonchev–Trinajstić information content (AvgIpc) is 2.99. The van der Waals surface area contributed by atoms with Gasteiger partial charge in [-0.05, 0) is 11.6 Å². The van der Waals surface area contributed by atoms with Crippen LogP contribution in [0.25, 0.3) is 0 Å². The van der Waals surface area contributed by atoms with E-state index in [9.17, 15) is 14.9 Å². The molecule has 1 fully saturated rings. The van der Waals surface area contributed by atoms with E-state index in [1.807, 2.05) is 30.3 Å². The van der Waals surface area contributed by atoms with Gasteiger partial charge in [0.2, 0.25) is 0 Å². The number of carbonyl (C=O) groups is 1. The van der Waals surface area contributed by atoms with E-state index >= 15 is 0 Å². The molecule has 7 heteroatoms. The highest BCUT2D eigenvalue weighted by molar-refractivity contribution is 5.91. The summed E-state index contributed by atoms with van der Waals surface area (Å²) in [4.78, 5) is 23.6. The van der Waals surface area contributed by atoms with E-state index in [4.69, 9.17) is 9.47 Å². The fraction of sp³-hybridized carbons (Fsp3) is 0.188. The van der Waals surface area contributed by atoms with E-state index in [1.54, 1.807) is 0 Å². The van der Waals surface area contributed by atoms with Crippen molar-refractivity contribution in [1.29, 1.82) is 0 Å². The Hall–Kier alpha value is -3.09. The number of amides is 1. The monoisotopic (exact) mass is 314 g/mol. The van der Waals surface area contributed by atoms with Crippen LogP contribution in [0.3, 0.4) is 0 Å². The van der Waals surface area contributed by atoms with Crippen LogP contribution < -0.4 is 9.64 Å². The van der Waals surface area contributed by atoms with Gasteiger partial charge in [-0.1, -0.05) is 30.3 Å². The van der Waals surface area contributed by atoms with Crippen LogP contribution in [0.4, 0.5) is 16.2 Å². The van der Waals surface area contributed by atoms with Crippen LogP contribution in [0.15, 0.2) is 48.5 Å². The number of rotatable bonds is 5. The molecule has 1 heterocycles. The number of nitro groups is 1. The van der Waals surface area contributed by atoms with Crippen LogP contribution in [0.1, 0.15) is 5.56 Å². The molecule has 1 aliphatic rings. The molecule has 2 aromatic rings. The van der Waals surface area contributed by atoms with Gasteiger partial charge in [-0.2, -0.15) is 0 Å². The summed E-state index contributed by atoms with van der Waals surface area (Å²) >= 11 is 0. The van der Waals surface area contributed by atoms with Gasteiger partial charge in [0.1, 0.15) is 13.2 Å². The molecule has 0 aromatic heterocycles. The van der Waals surface area contributed by atoms with Crippen LogP contribution in [-0.4, -0.2) is 24.2 Å². The second kappa shape index (κ2) is 6.35. The van der Waals surface area contributed by atoms with Gasteiger partial charge in [0.05, 0.1) is 23.2 Å². The average molecular weight is 314 g/mol. The number of cyclic esters (lactones) is 1. The molecular weight excluding hydrogens is 300 g/mol. The van der Waals surface area contributed by atoms with Gasteiger partial charge in [-0.25, -0.2) is 4.79 Å². The summed E-state index contributed by atoms with van der Waals surface area (Å²) < 4.78 is 10.6. The third kappa shape index (κ3) is 3.23. The van der Waals surface area contributed by atoms with Crippen molar-refractivity contribution in [1.82, 2.24) is 0 Å². The molecule has 0 spiro atoms. The standard InChI is InChI=1S/C16H14N2O5/c19-16-17(8-9-22-16)14-7-6-13(18(20)21)10-15(14)23-11-12-4-2-1-3-5-12/h1-7,10H,8-9,11H2. The zero-order valence-electron chi connectivity index (χ0n) is 12.2. The highest BCUT2D eigenvalue weighted by atomic mass is 16.6. The van der Waals surface area contributed by atoms with Crippen molar-refractivity contribution in [3.05, 3.63) is 64.2 Å². The van der Waals surface area contributed by atoms with E-state index in [1.165, 1.54) is 23.1 Å². The molecule has 0 N–H and O–H groups in total. The molecule has 1 aliphatic heterocycles. The van der Waals surface area contributed by atoms with Gasteiger partial charge in [0, 0.05) is 6.07 Å². The van der Waals surface area contributed by atoms with E-state index in [2.05, 4.69) is 0 Å². The SMILES string of the molecule is O=C1OCCN1c1ccc([N+](=O)[O-])cc1OCc1ccccc1. The summed E-state index contributed by atoms with van der Waals surface area (Å²) in [5, 5.41) is 11.0. The molecule has 3 rings (SSSR count). The van der Waals surface area contributed by atoms with Gasteiger partial charge < -0.3 is 9.47 Å². The Kier molecular flexibility index (Phi) is 4.09. The molecule has 0 bridgehead atoms. The molecular formula is C16H14N2O5. The summed E-state index contributed by atoms with van der Waals surface area (Å²) in [7, 11) is 0. The lowest BCUT2D eigenvalue weighted by molar-refractivity contribution is -0.384. The van der Waals surface area contributed by atoms with E-state index < -0.39 is 11.0 Å². The highest BCUT2D eigenvalue weighted by Gasteiger charge is 2.27. The summed E-state index contributed by atoms with van der Waals surface area (Å²) in [6.45, 7) is 0.921. The van der Waals surface area contributed by atoms with E-state index in [0.717, 1.165) is 5.56 Å². The Morgan fingerprint density at radius 3 is 2.65 bits per heavy atom. The van der Waals surface area contributed by atoms with Crippen molar-refractivity contribution in [2.75, 3.05) is 18.1 Å². The molecule has 0 aliphatic carbocycles. The second-order valence-corrected chi connectivity index (χ2v) is 4.95. The maximum Gasteiger partial charge on any atom is 0.414 e. The molecule has 1 saturated heterocycles. The minimum absolute atomic E-state index is 0.0932. The van der Waals surface area contributed by atoms with Crippen LogP contribution in [0, 0.1) is 10.1 Å². The van der Waals surface area contributed by atoms with E-state index in [0.29, 0.717) is 12.2 Å². The maximum atomic E-state index is 11.7. The minimum Gasteiger partial charge on any atom is -0.486 e. The Balaban J connectivity index is 1.89. The normalized spacial score (nSPS) is 13.7. The molecule has 0 saturated carbocycles. The predicted octanol–water partition coefficient (Wildman–Crippen LogP) is 3.13. The Bertz CT molecular complexity index is 733. The summed E-state index contributed by atoms with van der Waals surface area (Å²) in [5.41, 5.74) is 1.30. The van der Waals surface area contributed by atoms with Crippen LogP contribution >= 0.6 is 0 Å². The maximum absolute atomic E-state index is 11.7. The zero-order valence-corrected chi connectivity index (χ0v) is 12.2. The quantitative estimate of drug-likeness (QED) is 0.625. The fourth-order valence-electron chi connectivity index (χ4n) is 2.30. The van der Waals surface area contributed by atoms with Gasteiger partial charge in [-0.15, -0.1) is 0 Å². The lowest BCUT2D eigenvalue weighted by Gasteiger charge is -2.17. The van der Waals surface area contributed by atoms with Gasteiger partial charge in [0.15, 0.2) is 5.75 Å². The smallest absolute Gasteiger partial charge is 0.414 e. The minimum atomic E-state index is -0.499. The lowest BCUT2D eigenvalue weighted by atomic mass is 10.2. The van der Waals surface area contributed by atoms with Gasteiger partial charge in [-0.3, -0.25) is 15.0 Å². The molecule has 0 radical (unpaired) electrons. The lowest BCUT2D eigenvalue weighted by Crippen LogP contribution is -2.24. The molecule has 0 unspecified atom stereocenters. The van der Waals surface area contributed by atoms with Crippen molar-refractivity contribution < 1.29 is 19.2 Å². The third-order valence-electron chi connectivity index (χ3n) is 3.44. The highest BCUT2D eigenvalue weighted by Crippen LogP contribution is 2.34. The molecule has 2 aromatic carbocycles. The number of non-ortho nitro benzene ring substituents is 1. The molecule has 7 nitrogen and oxygen atoms in total. The number of benzene rings is 2. The molecule has 0 atom stereocenters. The topological polar surface area (TPSA) is 81.9 Å². The van der Waals surface area contributed by atoms with Crippen LogP contribution in [0.2, 0.25) is 0 Å². The number of anilines is 1. The number of nitro benzene ring substituents is 1. The first-order valence-electron chi connectivity index (χ1n) is 7.04. The van der Waals surface area contributed by atoms with Crippen LogP contribution in [-0.2, 0) is 11.3 Å². The molecule has 1 amide bonds. The zero-order chi connectivity index (χ0) is 16.2. The summed E-state index contributed by atoms with van der Waals surface area (Å²) in [6, 6.07) is 13.6. The predicted molar refractivity (Wildman–Crippen MR) is 82.6 cm³/mol. The first kappa shape index (κ1) is 14.8. The first-order chi connectivity index (χ1) is 11.1. The van der Waals surface area contributed by atoms with Gasteiger partial charge in [0.25, 0.3) is 5.69 Å². The van der Waals surface area contributed by atoms with Crippen molar-refractivity contribution in [3.8, 4) is 5.75 Å². The largest absolute Gasteiger partial charge is 0.486 e. The van der Waals surface area contributed by atoms with E-state index in [-0.39, 0.29) is 24.7 Å².